The van der Waals surface area contributed by atoms with E-state index in [9.17, 15) is 13.2 Å². The lowest BCUT2D eigenvalue weighted by Gasteiger charge is -2.06. The Morgan fingerprint density at radius 1 is 1.29 bits per heavy atom. The van der Waals surface area contributed by atoms with Gasteiger partial charge in [0.25, 0.3) is 0 Å². The predicted octanol–water partition coefficient (Wildman–Crippen LogP) is 4.08. The SMILES string of the molecule is FC(F)(F)c1cc(Br)c2sncc2c1. The van der Waals surface area contributed by atoms with E-state index in [1.165, 1.54) is 17.7 Å². The van der Waals surface area contributed by atoms with Gasteiger partial charge in [0.05, 0.1) is 10.3 Å². The first kappa shape index (κ1) is 9.92. The first-order valence-corrected chi connectivity index (χ1v) is 5.16. The van der Waals surface area contributed by atoms with Gasteiger partial charge in [-0.3, -0.25) is 0 Å². The summed E-state index contributed by atoms with van der Waals surface area (Å²) in [6.45, 7) is 0. The monoisotopic (exact) mass is 281 g/mol. The van der Waals surface area contributed by atoms with E-state index < -0.39 is 11.7 Å². The van der Waals surface area contributed by atoms with Gasteiger partial charge in [0.2, 0.25) is 0 Å². The molecule has 1 heterocycles. The van der Waals surface area contributed by atoms with E-state index in [0.29, 0.717) is 9.86 Å². The van der Waals surface area contributed by atoms with Gasteiger partial charge >= 0.3 is 6.18 Å². The van der Waals surface area contributed by atoms with Gasteiger partial charge in [-0.15, -0.1) is 0 Å². The van der Waals surface area contributed by atoms with Crippen molar-refractivity contribution in [2.45, 2.75) is 6.18 Å². The van der Waals surface area contributed by atoms with E-state index in [0.717, 1.165) is 16.8 Å². The summed E-state index contributed by atoms with van der Waals surface area (Å²) in [7, 11) is 0. The zero-order valence-corrected chi connectivity index (χ0v) is 9.00. The number of halogens is 4. The topological polar surface area (TPSA) is 12.9 Å². The maximum Gasteiger partial charge on any atom is 0.416 e. The van der Waals surface area contributed by atoms with Crippen molar-refractivity contribution in [3.63, 3.8) is 0 Å². The molecular weight excluding hydrogens is 279 g/mol. The normalized spacial score (nSPS) is 12.3. The Morgan fingerprint density at radius 3 is 2.64 bits per heavy atom. The van der Waals surface area contributed by atoms with Crippen molar-refractivity contribution in [3.8, 4) is 0 Å². The van der Waals surface area contributed by atoms with Crippen LogP contribution in [0.1, 0.15) is 5.56 Å². The second-order valence-electron chi connectivity index (χ2n) is 2.70. The highest BCUT2D eigenvalue weighted by Gasteiger charge is 2.31. The van der Waals surface area contributed by atoms with Crippen LogP contribution in [0.5, 0.6) is 0 Å². The number of benzene rings is 1. The summed E-state index contributed by atoms with van der Waals surface area (Å²) in [4.78, 5) is 0. The minimum atomic E-state index is -4.31. The second-order valence-corrected chi connectivity index (χ2v) is 4.36. The summed E-state index contributed by atoms with van der Waals surface area (Å²) in [5.74, 6) is 0. The number of aromatic nitrogens is 1. The summed E-state index contributed by atoms with van der Waals surface area (Å²) in [5.41, 5.74) is -0.655. The van der Waals surface area contributed by atoms with Gasteiger partial charge in [-0.1, -0.05) is 0 Å². The molecule has 0 fully saturated rings. The molecule has 0 amide bonds. The molecule has 1 nitrogen and oxygen atoms in total. The average Bonchev–Trinajstić information content (AvgIpc) is 2.50. The van der Waals surface area contributed by atoms with Gasteiger partial charge in [0.15, 0.2) is 0 Å². The van der Waals surface area contributed by atoms with E-state index in [1.807, 2.05) is 0 Å². The van der Waals surface area contributed by atoms with Crippen molar-refractivity contribution in [1.82, 2.24) is 4.37 Å². The van der Waals surface area contributed by atoms with E-state index in [1.54, 1.807) is 0 Å². The predicted molar refractivity (Wildman–Crippen MR) is 52.3 cm³/mol. The molecule has 0 saturated carbocycles. The maximum absolute atomic E-state index is 12.4. The molecule has 74 valence electrons. The molecule has 14 heavy (non-hydrogen) atoms. The molecule has 0 saturated heterocycles. The molecule has 1 aromatic heterocycles. The summed E-state index contributed by atoms with van der Waals surface area (Å²) in [6, 6.07) is 2.17. The highest BCUT2D eigenvalue weighted by atomic mass is 79.9. The number of nitrogens with zero attached hydrogens (tertiary/aromatic N) is 1. The van der Waals surface area contributed by atoms with Crippen LogP contribution in [0.2, 0.25) is 0 Å². The van der Waals surface area contributed by atoms with E-state index >= 15 is 0 Å². The van der Waals surface area contributed by atoms with Crippen LogP contribution in [0, 0.1) is 0 Å². The molecule has 0 bridgehead atoms. The van der Waals surface area contributed by atoms with Gasteiger partial charge in [0, 0.05) is 16.1 Å². The van der Waals surface area contributed by atoms with Gasteiger partial charge in [-0.25, -0.2) is 0 Å². The average molecular weight is 282 g/mol. The number of hydrogen-bond donors (Lipinski definition) is 0. The highest BCUT2D eigenvalue weighted by molar-refractivity contribution is 9.10. The fraction of sp³-hybridized carbons (Fsp3) is 0.125. The fourth-order valence-corrected chi connectivity index (χ4v) is 2.43. The van der Waals surface area contributed by atoms with Crippen LogP contribution in [-0.4, -0.2) is 4.37 Å². The van der Waals surface area contributed by atoms with Crippen LogP contribution >= 0.6 is 27.5 Å². The van der Waals surface area contributed by atoms with Crippen LogP contribution in [0.3, 0.4) is 0 Å². The Hall–Kier alpha value is -0.620. The van der Waals surface area contributed by atoms with Crippen molar-refractivity contribution >= 4 is 37.5 Å². The van der Waals surface area contributed by atoms with E-state index in [4.69, 9.17) is 0 Å². The lowest BCUT2D eigenvalue weighted by molar-refractivity contribution is -0.137. The van der Waals surface area contributed by atoms with Crippen LogP contribution < -0.4 is 0 Å². The Morgan fingerprint density at radius 2 is 2.00 bits per heavy atom. The Balaban J connectivity index is 2.70. The number of fused-ring (bicyclic) bond motifs is 1. The molecule has 2 aromatic rings. The standard InChI is InChI=1S/C8H3BrF3NS/c9-6-2-5(8(10,11)12)1-4-3-13-14-7(4)6/h1-3H. The molecule has 2 rings (SSSR count). The smallest absolute Gasteiger partial charge is 0.200 e. The number of rotatable bonds is 0. The third-order valence-electron chi connectivity index (χ3n) is 1.74. The van der Waals surface area contributed by atoms with Gasteiger partial charge in [0.1, 0.15) is 0 Å². The lowest BCUT2D eigenvalue weighted by Crippen LogP contribution is -2.04. The van der Waals surface area contributed by atoms with Gasteiger partial charge < -0.3 is 0 Å². The Kier molecular flexibility index (Phi) is 2.27. The summed E-state index contributed by atoms with van der Waals surface area (Å²) < 4.78 is 42.1. The molecule has 0 atom stereocenters. The Bertz CT molecular complexity index is 477. The van der Waals surface area contributed by atoms with Crippen molar-refractivity contribution in [2.75, 3.05) is 0 Å². The third-order valence-corrected chi connectivity index (χ3v) is 3.47. The summed E-state index contributed by atoms with van der Waals surface area (Å²) in [6.07, 6.45) is -2.88. The molecule has 0 aliphatic carbocycles. The van der Waals surface area contributed by atoms with E-state index in [2.05, 4.69) is 20.3 Å². The van der Waals surface area contributed by atoms with Crippen molar-refractivity contribution in [2.24, 2.45) is 0 Å². The molecule has 0 aliphatic heterocycles. The van der Waals surface area contributed by atoms with Crippen LogP contribution in [0.4, 0.5) is 13.2 Å². The quantitative estimate of drug-likeness (QED) is 0.709. The summed E-state index contributed by atoms with van der Waals surface area (Å²) >= 11 is 4.26. The third kappa shape index (κ3) is 1.64. The molecule has 6 heteroatoms. The molecule has 0 N–H and O–H groups in total. The maximum atomic E-state index is 12.4. The molecule has 1 aromatic carbocycles. The number of alkyl halides is 3. The van der Waals surface area contributed by atoms with Crippen LogP contribution in [0.15, 0.2) is 22.8 Å². The van der Waals surface area contributed by atoms with E-state index in [-0.39, 0.29) is 0 Å². The van der Waals surface area contributed by atoms with Crippen molar-refractivity contribution in [1.29, 1.82) is 0 Å². The molecule has 0 aliphatic rings. The Labute approximate surface area is 89.8 Å². The molecule has 0 spiro atoms. The van der Waals surface area contributed by atoms with Crippen LogP contribution in [0.25, 0.3) is 10.1 Å². The first-order chi connectivity index (χ1) is 6.48. The van der Waals surface area contributed by atoms with Crippen LogP contribution in [-0.2, 0) is 6.18 Å². The van der Waals surface area contributed by atoms with Gasteiger partial charge in [-0.2, -0.15) is 17.5 Å². The molecule has 0 unspecified atom stereocenters. The fourth-order valence-electron chi connectivity index (χ4n) is 1.11. The number of hydrogen-bond acceptors (Lipinski definition) is 2. The van der Waals surface area contributed by atoms with Crippen molar-refractivity contribution < 1.29 is 13.2 Å². The van der Waals surface area contributed by atoms with Gasteiger partial charge in [-0.05, 0) is 39.6 Å². The zero-order valence-electron chi connectivity index (χ0n) is 6.60. The molecular formula is C8H3BrF3NS. The highest BCUT2D eigenvalue weighted by Crippen LogP contribution is 2.36. The largest absolute Gasteiger partial charge is 0.416 e. The molecule has 0 radical (unpaired) electrons. The second kappa shape index (κ2) is 3.20. The lowest BCUT2D eigenvalue weighted by atomic mass is 10.2. The minimum Gasteiger partial charge on any atom is -0.200 e. The minimum absolute atomic E-state index is 0.435. The van der Waals surface area contributed by atoms with Crippen molar-refractivity contribution in [3.05, 3.63) is 28.4 Å². The summed E-state index contributed by atoms with van der Waals surface area (Å²) in [5, 5.41) is 0.511. The zero-order chi connectivity index (χ0) is 10.3. The first-order valence-electron chi connectivity index (χ1n) is 3.59.